The maximum atomic E-state index is 13.3. The van der Waals surface area contributed by atoms with Crippen molar-refractivity contribution in [3.05, 3.63) is 0 Å². The third kappa shape index (κ3) is 1.48. The van der Waals surface area contributed by atoms with E-state index in [2.05, 4.69) is 10.6 Å². The normalized spacial score (nSPS) is 33.5. The summed E-state index contributed by atoms with van der Waals surface area (Å²) in [6, 6.07) is 0. The molecule has 17 heavy (non-hydrogen) atoms. The van der Waals surface area contributed by atoms with Gasteiger partial charge in [0, 0.05) is 26.7 Å². The van der Waals surface area contributed by atoms with Gasteiger partial charge in [-0.05, 0) is 13.3 Å². The van der Waals surface area contributed by atoms with Crippen LogP contribution >= 0.6 is 0 Å². The molecule has 1 unspecified atom stereocenters. The van der Waals surface area contributed by atoms with Crippen LogP contribution in [0.15, 0.2) is 0 Å². The molecule has 2 fully saturated rings. The van der Waals surface area contributed by atoms with E-state index in [-0.39, 0.29) is 19.5 Å². The zero-order valence-electron chi connectivity index (χ0n) is 9.82. The lowest BCUT2D eigenvalue weighted by molar-refractivity contribution is -0.231. The van der Waals surface area contributed by atoms with Gasteiger partial charge in [0.1, 0.15) is 0 Å². The highest BCUT2D eigenvalue weighted by atomic mass is 19.4. The Bertz CT molecular complexity index is 338. The molecule has 98 valence electrons. The number of alkyl halides is 3. The van der Waals surface area contributed by atoms with E-state index in [4.69, 9.17) is 0 Å². The van der Waals surface area contributed by atoms with Crippen molar-refractivity contribution in [2.45, 2.75) is 25.2 Å². The molecular formula is C10H16F3N3O. The zero-order valence-corrected chi connectivity index (χ0v) is 9.82. The molecule has 0 radical (unpaired) electrons. The Hall–Kier alpha value is -0.820. The van der Waals surface area contributed by atoms with Crippen LogP contribution in [0.25, 0.3) is 0 Å². The monoisotopic (exact) mass is 251 g/mol. The number of hydrogen-bond acceptors (Lipinski definition) is 3. The first-order valence-electron chi connectivity index (χ1n) is 5.57. The molecule has 0 aliphatic carbocycles. The lowest BCUT2D eigenvalue weighted by atomic mass is 9.75. The molecule has 0 saturated carbocycles. The van der Waals surface area contributed by atoms with Gasteiger partial charge in [-0.3, -0.25) is 15.4 Å². The minimum atomic E-state index is -4.50. The Morgan fingerprint density at radius 2 is 1.82 bits per heavy atom. The Kier molecular flexibility index (Phi) is 2.66. The van der Waals surface area contributed by atoms with Crippen LogP contribution in [-0.4, -0.2) is 49.3 Å². The van der Waals surface area contributed by atoms with E-state index in [1.807, 2.05) is 0 Å². The van der Waals surface area contributed by atoms with Gasteiger partial charge in [-0.1, -0.05) is 0 Å². The number of likely N-dealkylation sites (tertiary alicyclic amines) is 1. The van der Waals surface area contributed by atoms with E-state index in [0.29, 0.717) is 6.54 Å². The van der Waals surface area contributed by atoms with E-state index < -0.39 is 23.2 Å². The molecule has 0 aromatic heterocycles. The fourth-order valence-electron chi connectivity index (χ4n) is 2.83. The summed E-state index contributed by atoms with van der Waals surface area (Å²) in [5, 5.41) is 4.92. The van der Waals surface area contributed by atoms with Crippen molar-refractivity contribution in [3.8, 4) is 0 Å². The first kappa shape index (κ1) is 12.6. The molecule has 0 aromatic carbocycles. The number of rotatable bonds is 1. The zero-order chi connectivity index (χ0) is 12.9. The molecule has 7 heteroatoms. The molecule has 0 spiro atoms. The minimum absolute atomic E-state index is 0.196. The summed E-state index contributed by atoms with van der Waals surface area (Å²) in [5.41, 5.74) is -3.77. The van der Waals surface area contributed by atoms with Crippen LogP contribution in [0.5, 0.6) is 0 Å². The quantitative estimate of drug-likeness (QED) is 0.705. The van der Waals surface area contributed by atoms with E-state index in [9.17, 15) is 18.0 Å². The molecule has 1 amide bonds. The van der Waals surface area contributed by atoms with Crippen molar-refractivity contribution >= 4 is 5.91 Å². The fourth-order valence-corrected chi connectivity index (χ4v) is 2.83. The average Bonchev–Trinajstić information content (AvgIpc) is 2.81. The largest absolute Gasteiger partial charge is 0.421 e. The van der Waals surface area contributed by atoms with Crippen LogP contribution < -0.4 is 10.6 Å². The first-order chi connectivity index (χ1) is 7.75. The Labute approximate surface area is 97.5 Å². The van der Waals surface area contributed by atoms with Crippen LogP contribution in [0, 0.1) is 5.41 Å². The van der Waals surface area contributed by atoms with Crippen molar-refractivity contribution in [2.24, 2.45) is 5.41 Å². The van der Waals surface area contributed by atoms with E-state index in [1.165, 1.54) is 18.9 Å². The molecule has 1 atom stereocenters. The number of carbonyl (C=O) groups is 1. The second-order valence-corrected chi connectivity index (χ2v) is 4.91. The summed E-state index contributed by atoms with van der Waals surface area (Å²) in [6.07, 6.45) is -4.30. The number of halogens is 3. The predicted octanol–water partition coefficient (Wildman–Crippen LogP) is 0.306. The molecule has 2 rings (SSSR count). The van der Waals surface area contributed by atoms with Gasteiger partial charge in [0.05, 0.1) is 5.41 Å². The second-order valence-electron chi connectivity index (χ2n) is 4.91. The molecule has 0 aromatic rings. The molecule has 2 heterocycles. The molecular weight excluding hydrogens is 235 g/mol. The molecule has 4 nitrogen and oxygen atoms in total. The summed E-state index contributed by atoms with van der Waals surface area (Å²) >= 11 is 0. The van der Waals surface area contributed by atoms with Crippen LogP contribution in [-0.2, 0) is 4.79 Å². The highest BCUT2D eigenvalue weighted by molar-refractivity contribution is 5.86. The van der Waals surface area contributed by atoms with Crippen molar-refractivity contribution in [2.75, 3.05) is 26.7 Å². The summed E-state index contributed by atoms with van der Waals surface area (Å²) < 4.78 is 40.0. The number of nitrogens with one attached hydrogen (secondary N) is 2. The lowest BCUT2D eigenvalue weighted by Gasteiger charge is -2.43. The highest BCUT2D eigenvalue weighted by Crippen LogP contribution is 2.48. The van der Waals surface area contributed by atoms with Gasteiger partial charge in [-0.15, -0.1) is 0 Å². The number of amides is 1. The standard InChI is InChI=1S/C10H16F3N3O/c1-8(3-6-16(2)7(8)17)9(10(11,12)13)14-4-5-15-9/h14-15H,3-6H2,1-2H3. The van der Waals surface area contributed by atoms with Gasteiger partial charge in [0.25, 0.3) is 0 Å². The van der Waals surface area contributed by atoms with Crippen LogP contribution in [0.3, 0.4) is 0 Å². The van der Waals surface area contributed by atoms with Crippen molar-refractivity contribution in [3.63, 3.8) is 0 Å². The Morgan fingerprint density at radius 3 is 2.18 bits per heavy atom. The number of carbonyl (C=O) groups excluding carboxylic acids is 1. The predicted molar refractivity (Wildman–Crippen MR) is 55.2 cm³/mol. The smallest absolute Gasteiger partial charge is 0.345 e. The second kappa shape index (κ2) is 3.58. The fraction of sp³-hybridized carbons (Fsp3) is 0.900. The van der Waals surface area contributed by atoms with Crippen molar-refractivity contribution < 1.29 is 18.0 Å². The third-order valence-corrected chi connectivity index (χ3v) is 3.92. The number of nitrogens with zero attached hydrogens (tertiary/aromatic N) is 1. The van der Waals surface area contributed by atoms with Crippen molar-refractivity contribution in [1.29, 1.82) is 0 Å². The van der Waals surface area contributed by atoms with Crippen LogP contribution in [0.1, 0.15) is 13.3 Å². The van der Waals surface area contributed by atoms with Gasteiger partial charge in [0.15, 0.2) is 5.66 Å². The summed E-state index contributed by atoms with van der Waals surface area (Å²) in [5.74, 6) is -0.461. The van der Waals surface area contributed by atoms with Gasteiger partial charge >= 0.3 is 6.18 Å². The van der Waals surface area contributed by atoms with Gasteiger partial charge < -0.3 is 4.90 Å². The molecule has 0 bridgehead atoms. The summed E-state index contributed by atoms with van der Waals surface area (Å²) in [7, 11) is 1.53. The molecule has 2 aliphatic heterocycles. The van der Waals surface area contributed by atoms with Crippen LogP contribution in [0.2, 0.25) is 0 Å². The SMILES string of the molecule is CN1CCC(C)(C2(C(F)(F)F)NCCN2)C1=O. The van der Waals surface area contributed by atoms with E-state index in [0.717, 1.165) is 0 Å². The Balaban J connectivity index is 2.45. The highest BCUT2D eigenvalue weighted by Gasteiger charge is 2.70. The van der Waals surface area contributed by atoms with Gasteiger partial charge in [0.2, 0.25) is 5.91 Å². The summed E-state index contributed by atoms with van der Waals surface area (Å²) in [6.45, 7) is 2.17. The van der Waals surface area contributed by atoms with Gasteiger partial charge in [-0.2, -0.15) is 13.2 Å². The van der Waals surface area contributed by atoms with E-state index in [1.54, 1.807) is 0 Å². The maximum Gasteiger partial charge on any atom is 0.421 e. The molecule has 2 aliphatic rings. The topological polar surface area (TPSA) is 44.4 Å². The lowest BCUT2D eigenvalue weighted by Crippen LogP contribution is -2.71. The maximum absolute atomic E-state index is 13.3. The molecule has 2 N–H and O–H groups in total. The first-order valence-corrected chi connectivity index (χ1v) is 5.57. The molecule has 2 saturated heterocycles. The Morgan fingerprint density at radius 1 is 1.29 bits per heavy atom. The van der Waals surface area contributed by atoms with Crippen molar-refractivity contribution in [1.82, 2.24) is 15.5 Å². The average molecular weight is 251 g/mol. The third-order valence-electron chi connectivity index (χ3n) is 3.92. The van der Waals surface area contributed by atoms with Crippen LogP contribution in [0.4, 0.5) is 13.2 Å². The van der Waals surface area contributed by atoms with E-state index >= 15 is 0 Å². The van der Waals surface area contributed by atoms with Gasteiger partial charge in [-0.25, -0.2) is 0 Å². The minimum Gasteiger partial charge on any atom is -0.345 e. The number of hydrogen-bond donors (Lipinski definition) is 2. The summed E-state index contributed by atoms with van der Waals surface area (Å²) in [4.78, 5) is 13.4.